The predicted molar refractivity (Wildman–Crippen MR) is 75.7 cm³/mol. The first-order valence-corrected chi connectivity index (χ1v) is 7.18. The lowest BCUT2D eigenvalue weighted by atomic mass is 9.82. The molecule has 0 heterocycles. The van der Waals surface area contributed by atoms with E-state index in [9.17, 15) is 0 Å². The van der Waals surface area contributed by atoms with E-state index in [1.165, 1.54) is 31.2 Å². The van der Waals surface area contributed by atoms with Crippen LogP contribution in [0.5, 0.6) is 0 Å². The average Bonchev–Trinajstić information content (AvgIpc) is 2.46. The van der Waals surface area contributed by atoms with Gasteiger partial charge in [-0.15, -0.1) is 0 Å². The minimum atomic E-state index is 0.284. The largest absolute Gasteiger partial charge is 0.396 e. The van der Waals surface area contributed by atoms with Crippen LogP contribution in [0.25, 0.3) is 0 Å². The molecule has 1 aliphatic carbocycles. The van der Waals surface area contributed by atoms with E-state index in [4.69, 9.17) is 5.11 Å². The van der Waals surface area contributed by atoms with E-state index in [-0.39, 0.29) is 6.61 Å². The van der Waals surface area contributed by atoms with Crippen LogP contribution in [-0.2, 0) is 0 Å². The monoisotopic (exact) mass is 247 g/mol. The Morgan fingerprint density at radius 1 is 1.17 bits per heavy atom. The highest BCUT2D eigenvalue weighted by Gasteiger charge is 2.21. The van der Waals surface area contributed by atoms with E-state index in [0.717, 1.165) is 12.5 Å². The summed E-state index contributed by atoms with van der Waals surface area (Å²) in [4.78, 5) is 0. The van der Waals surface area contributed by atoms with Gasteiger partial charge >= 0.3 is 0 Å². The number of aliphatic hydroxyl groups excluding tert-OH is 1. The zero-order valence-corrected chi connectivity index (χ0v) is 11.3. The number of aliphatic hydroxyl groups is 1. The first kappa shape index (κ1) is 13.6. The van der Waals surface area contributed by atoms with Crippen molar-refractivity contribution in [2.75, 3.05) is 13.2 Å². The molecule has 1 saturated carbocycles. The lowest BCUT2D eigenvalue weighted by molar-refractivity contribution is 0.224. The molecule has 1 aromatic carbocycles. The van der Waals surface area contributed by atoms with E-state index < -0.39 is 0 Å². The third-order valence-corrected chi connectivity index (χ3v) is 4.06. The van der Waals surface area contributed by atoms with Crippen molar-refractivity contribution in [1.29, 1.82) is 0 Å². The summed E-state index contributed by atoms with van der Waals surface area (Å²) < 4.78 is 0. The highest BCUT2D eigenvalue weighted by Crippen LogP contribution is 2.32. The van der Waals surface area contributed by atoms with Crippen LogP contribution >= 0.6 is 0 Å². The van der Waals surface area contributed by atoms with Crippen LogP contribution in [0.3, 0.4) is 0 Å². The van der Waals surface area contributed by atoms with Crippen LogP contribution in [0.2, 0.25) is 0 Å². The standard InChI is InChI=1S/C16H25NO/c1-13(12-18)11-17-16-9-7-15(8-10-16)14-5-3-2-4-6-14/h2-6,13,15-18H,7-12H2,1H3. The first-order chi connectivity index (χ1) is 8.79. The van der Waals surface area contributed by atoms with E-state index in [1.54, 1.807) is 0 Å². The number of benzene rings is 1. The van der Waals surface area contributed by atoms with Crippen LogP contribution in [0, 0.1) is 5.92 Å². The zero-order valence-electron chi connectivity index (χ0n) is 11.3. The summed E-state index contributed by atoms with van der Waals surface area (Å²) in [5, 5.41) is 12.6. The molecule has 2 nitrogen and oxygen atoms in total. The minimum absolute atomic E-state index is 0.284. The van der Waals surface area contributed by atoms with Crippen molar-refractivity contribution in [1.82, 2.24) is 5.32 Å². The number of hydrogen-bond donors (Lipinski definition) is 2. The fourth-order valence-corrected chi connectivity index (χ4v) is 2.79. The third kappa shape index (κ3) is 3.82. The number of hydrogen-bond acceptors (Lipinski definition) is 2. The fraction of sp³-hybridized carbons (Fsp3) is 0.625. The van der Waals surface area contributed by atoms with E-state index >= 15 is 0 Å². The highest BCUT2D eigenvalue weighted by atomic mass is 16.3. The van der Waals surface area contributed by atoms with Gasteiger partial charge in [-0.2, -0.15) is 0 Å². The molecule has 1 atom stereocenters. The van der Waals surface area contributed by atoms with Gasteiger partial charge in [-0.25, -0.2) is 0 Å². The molecule has 2 N–H and O–H groups in total. The second-order valence-electron chi connectivity index (χ2n) is 5.66. The van der Waals surface area contributed by atoms with Gasteiger partial charge in [0, 0.05) is 19.2 Å². The van der Waals surface area contributed by atoms with Gasteiger partial charge in [-0.05, 0) is 43.1 Å². The van der Waals surface area contributed by atoms with Crippen molar-refractivity contribution in [3.05, 3.63) is 35.9 Å². The van der Waals surface area contributed by atoms with Gasteiger partial charge in [0.25, 0.3) is 0 Å². The van der Waals surface area contributed by atoms with Gasteiger partial charge in [0.15, 0.2) is 0 Å². The Labute approximate surface area is 110 Å². The van der Waals surface area contributed by atoms with Crippen LogP contribution in [0.4, 0.5) is 0 Å². The average molecular weight is 247 g/mol. The van der Waals surface area contributed by atoms with Crippen molar-refractivity contribution in [2.45, 2.75) is 44.6 Å². The molecule has 2 rings (SSSR count). The van der Waals surface area contributed by atoms with Crippen LogP contribution in [0.15, 0.2) is 30.3 Å². The molecule has 0 bridgehead atoms. The third-order valence-electron chi connectivity index (χ3n) is 4.06. The predicted octanol–water partition coefficient (Wildman–Crippen LogP) is 2.93. The zero-order chi connectivity index (χ0) is 12.8. The second-order valence-corrected chi connectivity index (χ2v) is 5.66. The molecule has 0 aliphatic heterocycles. The Morgan fingerprint density at radius 2 is 1.83 bits per heavy atom. The summed E-state index contributed by atoms with van der Waals surface area (Å²) in [7, 11) is 0. The lowest BCUT2D eigenvalue weighted by Crippen LogP contribution is -2.36. The smallest absolute Gasteiger partial charge is 0.0468 e. The molecule has 1 aromatic rings. The Hall–Kier alpha value is -0.860. The summed E-state index contributed by atoms with van der Waals surface area (Å²) in [5.74, 6) is 1.12. The fourth-order valence-electron chi connectivity index (χ4n) is 2.79. The molecule has 0 spiro atoms. The maximum Gasteiger partial charge on any atom is 0.0468 e. The van der Waals surface area contributed by atoms with Crippen LogP contribution in [0.1, 0.15) is 44.1 Å². The molecular weight excluding hydrogens is 222 g/mol. The summed E-state index contributed by atoms with van der Waals surface area (Å²) in [6, 6.07) is 11.5. The van der Waals surface area contributed by atoms with Crippen molar-refractivity contribution >= 4 is 0 Å². The number of nitrogens with one attached hydrogen (secondary N) is 1. The van der Waals surface area contributed by atoms with Gasteiger partial charge in [0.05, 0.1) is 0 Å². The minimum Gasteiger partial charge on any atom is -0.396 e. The maximum atomic E-state index is 9.01. The summed E-state index contributed by atoms with van der Waals surface area (Å²) in [5.41, 5.74) is 1.50. The molecule has 0 aromatic heterocycles. The molecular formula is C16H25NO. The van der Waals surface area contributed by atoms with Gasteiger partial charge < -0.3 is 10.4 Å². The van der Waals surface area contributed by atoms with Gasteiger partial charge in [0.1, 0.15) is 0 Å². The molecule has 1 aliphatic rings. The Kier molecular flexibility index (Phi) is 5.21. The SMILES string of the molecule is CC(CO)CNC1CCC(c2ccccc2)CC1. The second kappa shape index (κ2) is 6.91. The van der Waals surface area contributed by atoms with Crippen molar-refractivity contribution < 1.29 is 5.11 Å². The molecule has 0 radical (unpaired) electrons. The molecule has 0 amide bonds. The summed E-state index contributed by atoms with van der Waals surface area (Å²) >= 11 is 0. The molecule has 0 saturated heterocycles. The lowest BCUT2D eigenvalue weighted by Gasteiger charge is -2.30. The van der Waals surface area contributed by atoms with E-state index in [0.29, 0.717) is 12.0 Å². The Balaban J connectivity index is 1.75. The Morgan fingerprint density at radius 3 is 2.44 bits per heavy atom. The van der Waals surface area contributed by atoms with Crippen molar-refractivity contribution in [3.63, 3.8) is 0 Å². The van der Waals surface area contributed by atoms with Crippen molar-refractivity contribution in [2.24, 2.45) is 5.92 Å². The molecule has 1 unspecified atom stereocenters. The van der Waals surface area contributed by atoms with Crippen molar-refractivity contribution in [3.8, 4) is 0 Å². The maximum absolute atomic E-state index is 9.01. The highest BCUT2D eigenvalue weighted by molar-refractivity contribution is 5.20. The van der Waals surface area contributed by atoms with E-state index in [1.807, 2.05) is 0 Å². The normalized spacial score (nSPS) is 25.9. The quantitative estimate of drug-likeness (QED) is 0.838. The molecule has 100 valence electrons. The Bertz CT molecular complexity index is 330. The van der Waals surface area contributed by atoms with Gasteiger partial charge in [-0.1, -0.05) is 37.3 Å². The summed E-state index contributed by atoms with van der Waals surface area (Å²) in [6.07, 6.45) is 5.10. The van der Waals surface area contributed by atoms with Gasteiger partial charge in [0.2, 0.25) is 0 Å². The van der Waals surface area contributed by atoms with Crippen LogP contribution in [-0.4, -0.2) is 24.3 Å². The topological polar surface area (TPSA) is 32.3 Å². The van der Waals surface area contributed by atoms with E-state index in [2.05, 4.69) is 42.6 Å². The molecule has 2 heteroatoms. The summed E-state index contributed by atoms with van der Waals surface area (Å²) in [6.45, 7) is 3.31. The van der Waals surface area contributed by atoms with Gasteiger partial charge in [-0.3, -0.25) is 0 Å². The first-order valence-electron chi connectivity index (χ1n) is 7.18. The molecule has 18 heavy (non-hydrogen) atoms. The van der Waals surface area contributed by atoms with Crippen LogP contribution < -0.4 is 5.32 Å². The molecule has 1 fully saturated rings. The number of rotatable bonds is 5.